The standard InChI is InChI=1S/C23H22ClN5O3/c1-4-27-21(30)19-20(26(2)23(27)31)25-22-28(19)13-17(14-8-6-5-7-9-14)29(22)16-12-15(24)10-11-18(16)32-3/h5-13,19-20H,4H2,1-3H3. The maximum Gasteiger partial charge on any atom is 0.328 e. The second-order valence-corrected chi connectivity index (χ2v) is 8.14. The molecule has 8 nitrogen and oxygen atoms in total. The molecule has 9 heteroatoms. The molecule has 3 heterocycles. The summed E-state index contributed by atoms with van der Waals surface area (Å²) in [6.07, 6.45) is 1.29. The summed E-state index contributed by atoms with van der Waals surface area (Å²) in [5, 5.41) is 0.545. The number of carbonyl (C=O) groups excluding carboxylic acids is 2. The van der Waals surface area contributed by atoms with Crippen molar-refractivity contribution in [1.82, 2.24) is 14.7 Å². The highest BCUT2D eigenvalue weighted by Gasteiger charge is 2.54. The van der Waals surface area contributed by atoms with Crippen molar-refractivity contribution in [3.8, 4) is 5.75 Å². The highest BCUT2D eigenvalue weighted by atomic mass is 35.5. The lowest BCUT2D eigenvalue weighted by molar-refractivity contribution is -0.136. The number of anilines is 1. The Bertz CT molecular complexity index is 1170. The normalized spacial score (nSPS) is 22.1. The van der Waals surface area contributed by atoms with E-state index in [4.69, 9.17) is 21.3 Å². The number of fused-ring (bicyclic) bond motifs is 3. The molecular weight excluding hydrogens is 430 g/mol. The summed E-state index contributed by atoms with van der Waals surface area (Å²) in [5.41, 5.74) is 2.48. The third kappa shape index (κ3) is 2.86. The van der Waals surface area contributed by atoms with Crippen LogP contribution in [0.2, 0.25) is 5.02 Å². The van der Waals surface area contributed by atoms with Crippen LogP contribution in [0.4, 0.5) is 10.5 Å². The highest BCUT2D eigenvalue weighted by Crippen LogP contribution is 2.43. The molecule has 0 spiro atoms. The Balaban J connectivity index is 1.68. The van der Waals surface area contributed by atoms with Crippen molar-refractivity contribution in [2.75, 3.05) is 25.6 Å². The van der Waals surface area contributed by atoms with Gasteiger partial charge in [0.25, 0.3) is 5.91 Å². The van der Waals surface area contributed by atoms with E-state index in [0.717, 1.165) is 11.3 Å². The van der Waals surface area contributed by atoms with Gasteiger partial charge in [-0.05, 0) is 25.1 Å². The van der Waals surface area contributed by atoms with Crippen molar-refractivity contribution in [1.29, 1.82) is 0 Å². The largest absolute Gasteiger partial charge is 0.495 e. The van der Waals surface area contributed by atoms with Crippen molar-refractivity contribution in [2.24, 2.45) is 4.99 Å². The Hall–Kier alpha value is -3.52. The molecule has 1 fully saturated rings. The quantitative estimate of drug-likeness (QED) is 0.712. The fourth-order valence-electron chi connectivity index (χ4n) is 4.41. The fourth-order valence-corrected chi connectivity index (χ4v) is 4.58. The fraction of sp³-hybridized carbons (Fsp3) is 0.261. The second-order valence-electron chi connectivity index (χ2n) is 7.70. The Morgan fingerprint density at radius 2 is 1.88 bits per heavy atom. The SMILES string of the molecule is CCN1C(=O)C2C(N=C3N(c4cc(Cl)ccc4OC)C(c4ccccc4)=CN32)N(C)C1=O. The second kappa shape index (κ2) is 7.56. The minimum atomic E-state index is -0.637. The van der Waals surface area contributed by atoms with Crippen LogP contribution < -0.4 is 9.64 Å². The summed E-state index contributed by atoms with van der Waals surface area (Å²) in [7, 11) is 3.27. The number of halogens is 1. The first-order valence-electron chi connectivity index (χ1n) is 10.3. The van der Waals surface area contributed by atoms with E-state index in [1.165, 1.54) is 9.80 Å². The van der Waals surface area contributed by atoms with E-state index in [9.17, 15) is 9.59 Å². The summed E-state index contributed by atoms with van der Waals surface area (Å²) < 4.78 is 5.62. The van der Waals surface area contributed by atoms with E-state index in [1.54, 1.807) is 39.3 Å². The van der Waals surface area contributed by atoms with Crippen LogP contribution in [-0.2, 0) is 4.79 Å². The van der Waals surface area contributed by atoms with Gasteiger partial charge in [0.15, 0.2) is 12.2 Å². The third-order valence-corrected chi connectivity index (χ3v) is 6.21. The van der Waals surface area contributed by atoms with Gasteiger partial charge in [0.05, 0.1) is 18.5 Å². The first-order valence-corrected chi connectivity index (χ1v) is 10.7. The van der Waals surface area contributed by atoms with E-state index in [0.29, 0.717) is 29.0 Å². The number of rotatable bonds is 4. The van der Waals surface area contributed by atoms with E-state index >= 15 is 0 Å². The van der Waals surface area contributed by atoms with Gasteiger partial charge in [0.1, 0.15) is 5.75 Å². The topological polar surface area (TPSA) is 68.7 Å². The molecule has 164 valence electrons. The number of hydrogen-bond acceptors (Lipinski definition) is 6. The Kier molecular flexibility index (Phi) is 4.82. The van der Waals surface area contributed by atoms with Gasteiger partial charge in [-0.25, -0.2) is 9.79 Å². The summed E-state index contributed by atoms with van der Waals surface area (Å²) in [6.45, 7) is 2.09. The van der Waals surface area contributed by atoms with Gasteiger partial charge in [-0.1, -0.05) is 41.9 Å². The number of amides is 3. The van der Waals surface area contributed by atoms with E-state index < -0.39 is 12.2 Å². The van der Waals surface area contributed by atoms with Crippen LogP contribution in [0.25, 0.3) is 5.70 Å². The van der Waals surface area contributed by atoms with Crippen LogP contribution in [0.5, 0.6) is 5.75 Å². The number of nitrogens with zero attached hydrogens (tertiary/aromatic N) is 5. The minimum absolute atomic E-state index is 0.261. The van der Waals surface area contributed by atoms with Gasteiger partial charge >= 0.3 is 6.03 Å². The van der Waals surface area contributed by atoms with Crippen LogP contribution in [0.15, 0.2) is 59.7 Å². The number of carbonyl (C=O) groups is 2. The predicted octanol–water partition coefficient (Wildman–Crippen LogP) is 3.45. The van der Waals surface area contributed by atoms with Gasteiger partial charge in [-0.3, -0.25) is 19.5 Å². The molecule has 0 saturated carbocycles. The molecule has 0 aliphatic carbocycles. The summed E-state index contributed by atoms with van der Waals surface area (Å²) >= 11 is 6.35. The first-order chi connectivity index (χ1) is 15.5. The lowest BCUT2D eigenvalue weighted by Gasteiger charge is -2.39. The van der Waals surface area contributed by atoms with Gasteiger partial charge in [-0.15, -0.1) is 0 Å². The Morgan fingerprint density at radius 1 is 1.12 bits per heavy atom. The van der Waals surface area contributed by atoms with E-state index in [-0.39, 0.29) is 11.9 Å². The molecule has 1 saturated heterocycles. The van der Waals surface area contributed by atoms with Gasteiger partial charge < -0.3 is 9.64 Å². The first kappa shape index (κ1) is 20.4. The summed E-state index contributed by atoms with van der Waals surface area (Å²) in [5.74, 6) is 0.898. The third-order valence-electron chi connectivity index (χ3n) is 5.98. The molecule has 2 atom stereocenters. The summed E-state index contributed by atoms with van der Waals surface area (Å²) in [4.78, 5) is 37.4. The number of guanidine groups is 1. The Labute approximate surface area is 190 Å². The smallest absolute Gasteiger partial charge is 0.328 e. The molecule has 0 N–H and O–H groups in total. The number of urea groups is 1. The molecule has 3 aliphatic heterocycles. The maximum atomic E-state index is 13.3. The zero-order chi connectivity index (χ0) is 22.6. The van der Waals surface area contributed by atoms with Crippen LogP contribution >= 0.6 is 11.6 Å². The van der Waals surface area contributed by atoms with Gasteiger partial charge in [0, 0.05) is 30.4 Å². The van der Waals surface area contributed by atoms with Gasteiger partial charge in [0.2, 0.25) is 5.96 Å². The van der Waals surface area contributed by atoms with Crippen molar-refractivity contribution < 1.29 is 14.3 Å². The van der Waals surface area contributed by atoms with Crippen molar-refractivity contribution in [2.45, 2.75) is 19.1 Å². The average molecular weight is 452 g/mol. The molecule has 0 aromatic heterocycles. The molecule has 5 rings (SSSR count). The number of hydrogen-bond donors (Lipinski definition) is 0. The molecule has 3 amide bonds. The van der Waals surface area contributed by atoms with E-state index in [1.807, 2.05) is 46.3 Å². The van der Waals surface area contributed by atoms with Crippen molar-refractivity contribution >= 4 is 40.9 Å². The lowest BCUT2D eigenvalue weighted by Crippen LogP contribution is -2.64. The minimum Gasteiger partial charge on any atom is -0.495 e. The van der Waals surface area contributed by atoms with Crippen LogP contribution in [0.1, 0.15) is 12.5 Å². The number of ether oxygens (including phenoxy) is 1. The van der Waals surface area contributed by atoms with Crippen molar-refractivity contribution in [3.05, 3.63) is 65.3 Å². The molecule has 2 unspecified atom stereocenters. The van der Waals surface area contributed by atoms with Crippen LogP contribution in [0.3, 0.4) is 0 Å². The molecule has 32 heavy (non-hydrogen) atoms. The zero-order valence-electron chi connectivity index (χ0n) is 17.9. The summed E-state index contributed by atoms with van der Waals surface area (Å²) in [6, 6.07) is 14.2. The van der Waals surface area contributed by atoms with Gasteiger partial charge in [-0.2, -0.15) is 0 Å². The molecule has 0 radical (unpaired) electrons. The molecular formula is C23H22ClN5O3. The Morgan fingerprint density at radius 3 is 2.56 bits per heavy atom. The zero-order valence-corrected chi connectivity index (χ0v) is 18.7. The number of imide groups is 1. The maximum absolute atomic E-state index is 13.3. The number of likely N-dealkylation sites (N-methyl/N-ethyl adjacent to an activating group) is 2. The number of aliphatic imine (C=N–C) groups is 1. The molecule has 0 bridgehead atoms. The van der Waals surface area contributed by atoms with E-state index in [2.05, 4.69) is 0 Å². The molecule has 2 aromatic carbocycles. The predicted molar refractivity (Wildman–Crippen MR) is 122 cm³/mol. The van der Waals surface area contributed by atoms with Crippen LogP contribution in [-0.4, -0.2) is 65.5 Å². The van der Waals surface area contributed by atoms with Crippen molar-refractivity contribution in [3.63, 3.8) is 0 Å². The monoisotopic (exact) mass is 451 g/mol. The molecule has 3 aliphatic rings. The molecule has 2 aromatic rings. The number of benzene rings is 2. The lowest BCUT2D eigenvalue weighted by atomic mass is 10.1. The van der Waals surface area contributed by atoms with Crippen LogP contribution in [0, 0.1) is 0 Å². The number of methoxy groups -OCH3 is 1. The average Bonchev–Trinajstić information content (AvgIpc) is 3.35. The highest BCUT2D eigenvalue weighted by molar-refractivity contribution is 6.31.